The summed E-state index contributed by atoms with van der Waals surface area (Å²) in [6, 6.07) is 24.3. The number of nitrogens with zero attached hydrogens (tertiary/aromatic N) is 4. The number of carbonyl (C=O) groups excluding carboxylic acids is 1. The predicted molar refractivity (Wildman–Crippen MR) is 156 cm³/mol. The second-order valence-electron chi connectivity index (χ2n) is 10.5. The first-order chi connectivity index (χ1) is 19.7. The molecule has 0 spiro atoms. The summed E-state index contributed by atoms with van der Waals surface area (Å²) in [5.74, 6) is 1.66. The van der Waals surface area contributed by atoms with Crippen LogP contribution in [0.1, 0.15) is 47.4 Å². The molecule has 5 aromatic rings. The fraction of sp³-hybridized carbons (Fsp3) is 0.312. The number of aromatic nitrogens is 5. The second kappa shape index (κ2) is 12.3. The lowest BCUT2D eigenvalue weighted by atomic mass is 9.97. The molecule has 2 aromatic carbocycles. The lowest BCUT2D eigenvalue weighted by Gasteiger charge is -2.26. The predicted octanol–water partition coefficient (Wildman–Crippen LogP) is 4.39. The van der Waals surface area contributed by atoms with Gasteiger partial charge in [-0.05, 0) is 55.1 Å². The summed E-state index contributed by atoms with van der Waals surface area (Å²) in [4.78, 5) is 21.5. The second-order valence-corrected chi connectivity index (χ2v) is 10.5. The van der Waals surface area contributed by atoms with E-state index in [1.807, 2.05) is 48.8 Å². The van der Waals surface area contributed by atoms with Crippen molar-refractivity contribution >= 4 is 16.8 Å². The van der Waals surface area contributed by atoms with Crippen LogP contribution in [-0.2, 0) is 30.6 Å². The summed E-state index contributed by atoms with van der Waals surface area (Å²) in [6.45, 7) is 2.21. The fourth-order valence-electron chi connectivity index (χ4n) is 5.61. The minimum atomic E-state index is -0.338. The molecule has 0 bridgehead atoms. The molecule has 2 atom stereocenters. The number of para-hydroxylation sites is 1. The van der Waals surface area contributed by atoms with E-state index in [0.29, 0.717) is 19.5 Å². The number of rotatable bonds is 10. The van der Waals surface area contributed by atoms with Crippen molar-refractivity contribution in [3.63, 3.8) is 0 Å². The molecule has 3 N–H and O–H groups in total. The summed E-state index contributed by atoms with van der Waals surface area (Å²) in [5, 5.41) is 17.3. The smallest absolute Gasteiger partial charge is 0.224 e. The number of hydrogen-bond donors (Lipinski definition) is 3. The van der Waals surface area contributed by atoms with E-state index < -0.39 is 0 Å². The molecular weight excluding hydrogens is 498 g/mol. The highest BCUT2D eigenvalue weighted by atomic mass is 16.2. The average Bonchev–Trinajstić information content (AvgIpc) is 3.61. The van der Waals surface area contributed by atoms with Gasteiger partial charge < -0.3 is 20.2 Å². The molecule has 3 aromatic heterocycles. The van der Waals surface area contributed by atoms with Crippen molar-refractivity contribution in [1.82, 2.24) is 35.4 Å². The van der Waals surface area contributed by atoms with Crippen molar-refractivity contribution < 1.29 is 4.79 Å². The maximum absolute atomic E-state index is 13.5. The van der Waals surface area contributed by atoms with Crippen molar-refractivity contribution in [2.24, 2.45) is 5.92 Å². The van der Waals surface area contributed by atoms with E-state index in [0.717, 1.165) is 66.0 Å². The van der Waals surface area contributed by atoms with Gasteiger partial charge in [-0.2, -0.15) is 0 Å². The molecule has 1 unspecified atom stereocenters. The number of pyridine rings is 1. The zero-order valence-electron chi connectivity index (χ0n) is 22.6. The minimum Gasteiger partial charge on any atom is -0.361 e. The highest BCUT2D eigenvalue weighted by Gasteiger charge is 2.28. The van der Waals surface area contributed by atoms with E-state index in [9.17, 15) is 4.79 Å². The molecule has 1 saturated heterocycles. The van der Waals surface area contributed by atoms with Gasteiger partial charge in [0.2, 0.25) is 5.91 Å². The Morgan fingerprint density at radius 3 is 2.67 bits per heavy atom. The maximum Gasteiger partial charge on any atom is 0.224 e. The first kappa shape index (κ1) is 26.0. The normalized spacial score (nSPS) is 16.1. The van der Waals surface area contributed by atoms with E-state index in [2.05, 4.69) is 66.7 Å². The van der Waals surface area contributed by atoms with Gasteiger partial charge in [0, 0.05) is 42.7 Å². The zero-order chi connectivity index (χ0) is 27.1. The number of aryl methyl sites for hydroxylation is 2. The SMILES string of the molecule is O=C(N[C@H](Cc1c[nH]c2ccccc12)c1nnc(CCc2ccccc2)n1Cc1ccccn1)C1CCCNC1. The van der Waals surface area contributed by atoms with Gasteiger partial charge in [0.05, 0.1) is 24.2 Å². The summed E-state index contributed by atoms with van der Waals surface area (Å²) in [6.07, 6.45) is 7.95. The van der Waals surface area contributed by atoms with Crippen LogP contribution in [0.15, 0.2) is 85.2 Å². The number of H-pyrrole nitrogens is 1. The molecule has 204 valence electrons. The van der Waals surface area contributed by atoms with Crippen molar-refractivity contribution in [1.29, 1.82) is 0 Å². The third-order valence-corrected chi connectivity index (χ3v) is 7.78. The highest BCUT2D eigenvalue weighted by molar-refractivity contribution is 5.83. The molecule has 6 rings (SSSR count). The molecule has 1 fully saturated rings. The Bertz CT molecular complexity index is 1540. The van der Waals surface area contributed by atoms with Crippen LogP contribution in [0.2, 0.25) is 0 Å². The monoisotopic (exact) mass is 533 g/mol. The Labute approximate surface area is 234 Å². The lowest BCUT2D eigenvalue weighted by molar-refractivity contribution is -0.126. The number of fused-ring (bicyclic) bond motifs is 1. The van der Waals surface area contributed by atoms with Gasteiger partial charge in [0.25, 0.3) is 0 Å². The number of nitrogens with one attached hydrogen (secondary N) is 3. The van der Waals surface area contributed by atoms with Crippen molar-refractivity contribution in [2.75, 3.05) is 13.1 Å². The minimum absolute atomic E-state index is 0.0519. The highest BCUT2D eigenvalue weighted by Crippen LogP contribution is 2.26. The van der Waals surface area contributed by atoms with Crippen molar-refractivity contribution in [3.05, 3.63) is 114 Å². The van der Waals surface area contributed by atoms with Gasteiger partial charge in [0.15, 0.2) is 5.82 Å². The third kappa shape index (κ3) is 5.97. The Kier molecular flexibility index (Phi) is 7.95. The van der Waals surface area contributed by atoms with E-state index >= 15 is 0 Å². The van der Waals surface area contributed by atoms with E-state index in [-0.39, 0.29) is 17.9 Å². The quantitative estimate of drug-likeness (QED) is 0.247. The van der Waals surface area contributed by atoms with Crippen LogP contribution in [0.4, 0.5) is 0 Å². The molecule has 4 heterocycles. The van der Waals surface area contributed by atoms with Crippen molar-refractivity contribution in [3.8, 4) is 0 Å². The summed E-state index contributed by atoms with van der Waals surface area (Å²) in [7, 11) is 0. The van der Waals surface area contributed by atoms with Crippen LogP contribution in [0.3, 0.4) is 0 Å². The molecule has 1 aliphatic heterocycles. The van der Waals surface area contributed by atoms with E-state index in [1.54, 1.807) is 0 Å². The number of benzene rings is 2. The van der Waals surface area contributed by atoms with Gasteiger partial charge in [-0.15, -0.1) is 10.2 Å². The molecule has 0 saturated carbocycles. The van der Waals surface area contributed by atoms with Gasteiger partial charge in [0.1, 0.15) is 5.82 Å². The largest absolute Gasteiger partial charge is 0.361 e. The first-order valence-electron chi connectivity index (χ1n) is 14.2. The van der Waals surface area contributed by atoms with Gasteiger partial charge in [-0.25, -0.2) is 0 Å². The van der Waals surface area contributed by atoms with Crippen LogP contribution in [0.5, 0.6) is 0 Å². The molecule has 1 amide bonds. The number of amides is 1. The molecule has 40 heavy (non-hydrogen) atoms. The Balaban J connectivity index is 1.35. The first-order valence-corrected chi connectivity index (χ1v) is 14.2. The molecule has 8 nitrogen and oxygen atoms in total. The number of carbonyl (C=O) groups is 1. The van der Waals surface area contributed by atoms with Crippen LogP contribution in [-0.4, -0.2) is 43.7 Å². The lowest BCUT2D eigenvalue weighted by Crippen LogP contribution is -2.42. The number of piperidine rings is 1. The van der Waals surface area contributed by atoms with E-state index in [1.165, 1.54) is 5.56 Å². The van der Waals surface area contributed by atoms with Crippen LogP contribution >= 0.6 is 0 Å². The summed E-state index contributed by atoms with van der Waals surface area (Å²) >= 11 is 0. The topological polar surface area (TPSA) is 101 Å². The fourth-order valence-corrected chi connectivity index (χ4v) is 5.61. The molecule has 0 aliphatic carbocycles. The Morgan fingerprint density at radius 2 is 1.85 bits per heavy atom. The Morgan fingerprint density at radius 1 is 1.00 bits per heavy atom. The van der Waals surface area contributed by atoms with Crippen LogP contribution in [0.25, 0.3) is 10.9 Å². The summed E-state index contributed by atoms with van der Waals surface area (Å²) in [5.41, 5.74) is 4.40. The van der Waals surface area contributed by atoms with Crippen LogP contribution < -0.4 is 10.6 Å². The van der Waals surface area contributed by atoms with Gasteiger partial charge in [-0.3, -0.25) is 9.78 Å². The number of aromatic amines is 1. The van der Waals surface area contributed by atoms with Crippen molar-refractivity contribution in [2.45, 2.75) is 44.7 Å². The molecule has 0 radical (unpaired) electrons. The number of hydrogen-bond acceptors (Lipinski definition) is 5. The van der Waals surface area contributed by atoms with Gasteiger partial charge in [-0.1, -0.05) is 54.6 Å². The molecule has 8 heteroatoms. The molecule has 1 aliphatic rings. The molecular formula is C32H35N7O. The average molecular weight is 534 g/mol. The Hall–Kier alpha value is -4.30. The standard InChI is InChI=1S/C32H35N7O/c40-32(24-11-8-17-33-20-24)36-29(19-25-21-35-28-14-5-4-13-27(25)28)31-38-37-30(16-15-23-9-2-1-3-10-23)39(31)22-26-12-6-7-18-34-26/h1-7,9-10,12-14,18,21,24,29,33,35H,8,11,15-17,19-20,22H2,(H,36,40)/t24?,29-/m1/s1. The van der Waals surface area contributed by atoms with Gasteiger partial charge >= 0.3 is 0 Å². The maximum atomic E-state index is 13.5. The zero-order valence-corrected chi connectivity index (χ0v) is 22.6. The summed E-state index contributed by atoms with van der Waals surface area (Å²) < 4.78 is 2.16. The van der Waals surface area contributed by atoms with E-state index in [4.69, 9.17) is 5.10 Å². The third-order valence-electron chi connectivity index (χ3n) is 7.78. The van der Waals surface area contributed by atoms with Crippen LogP contribution in [0, 0.1) is 5.92 Å².